The van der Waals surface area contributed by atoms with Crippen molar-refractivity contribution in [3.63, 3.8) is 0 Å². The SMILES string of the molecule is COC(=O)[C@@]1(C)OC(=O)/C(=C\c2ccccc2)[C@@H]1c1ccccc1. The van der Waals surface area contributed by atoms with Crippen molar-refractivity contribution in [2.24, 2.45) is 0 Å². The van der Waals surface area contributed by atoms with Gasteiger partial charge in [0.2, 0.25) is 5.60 Å². The molecule has 0 unspecified atom stereocenters. The molecule has 24 heavy (non-hydrogen) atoms. The Morgan fingerprint density at radius 2 is 1.67 bits per heavy atom. The number of benzene rings is 2. The van der Waals surface area contributed by atoms with Crippen LogP contribution in [0, 0.1) is 0 Å². The summed E-state index contributed by atoms with van der Waals surface area (Å²) in [6.45, 7) is 1.60. The Hall–Kier alpha value is -2.88. The fourth-order valence-corrected chi connectivity index (χ4v) is 3.10. The molecule has 1 aliphatic rings. The molecule has 0 amide bonds. The number of hydrogen-bond donors (Lipinski definition) is 0. The van der Waals surface area contributed by atoms with Crippen LogP contribution in [0.5, 0.6) is 0 Å². The van der Waals surface area contributed by atoms with Crippen LogP contribution in [0.15, 0.2) is 66.2 Å². The Kier molecular flexibility index (Phi) is 4.21. The second-order valence-corrected chi connectivity index (χ2v) is 5.84. The molecule has 1 fully saturated rings. The zero-order chi connectivity index (χ0) is 17.2. The molecular weight excluding hydrogens is 304 g/mol. The molecule has 3 rings (SSSR count). The van der Waals surface area contributed by atoms with Gasteiger partial charge < -0.3 is 9.47 Å². The van der Waals surface area contributed by atoms with Crippen molar-refractivity contribution in [2.75, 3.05) is 7.11 Å². The lowest BCUT2D eigenvalue weighted by molar-refractivity contribution is -0.170. The molecule has 2 aromatic carbocycles. The highest BCUT2D eigenvalue weighted by Crippen LogP contribution is 2.45. The van der Waals surface area contributed by atoms with Gasteiger partial charge in [-0.2, -0.15) is 0 Å². The van der Waals surface area contributed by atoms with Gasteiger partial charge in [0, 0.05) is 5.57 Å². The fraction of sp³-hybridized carbons (Fsp3) is 0.200. The minimum Gasteiger partial charge on any atom is -0.466 e. The molecule has 1 aliphatic heterocycles. The quantitative estimate of drug-likeness (QED) is 0.642. The Morgan fingerprint density at radius 1 is 1.08 bits per heavy atom. The topological polar surface area (TPSA) is 52.6 Å². The predicted molar refractivity (Wildman–Crippen MR) is 90.1 cm³/mol. The standard InChI is InChI=1S/C20H18O4/c1-20(19(22)23-2)17(15-11-7-4-8-12-15)16(18(21)24-20)13-14-9-5-3-6-10-14/h3-13,17H,1-2H3/b16-13-/t17-,20-/m0/s1. The van der Waals surface area contributed by atoms with Crippen molar-refractivity contribution in [1.29, 1.82) is 0 Å². The summed E-state index contributed by atoms with van der Waals surface area (Å²) in [5.74, 6) is -1.60. The van der Waals surface area contributed by atoms with Crippen LogP contribution >= 0.6 is 0 Å². The molecule has 2 atom stereocenters. The second kappa shape index (κ2) is 6.32. The zero-order valence-electron chi connectivity index (χ0n) is 13.6. The van der Waals surface area contributed by atoms with Gasteiger partial charge in [0.05, 0.1) is 13.0 Å². The molecule has 1 heterocycles. The average molecular weight is 322 g/mol. The van der Waals surface area contributed by atoms with Crippen LogP contribution in [0.3, 0.4) is 0 Å². The Morgan fingerprint density at radius 3 is 2.25 bits per heavy atom. The molecule has 0 bridgehead atoms. The van der Waals surface area contributed by atoms with Crippen molar-refractivity contribution >= 4 is 18.0 Å². The predicted octanol–water partition coefficient (Wildman–Crippen LogP) is 3.34. The van der Waals surface area contributed by atoms with Crippen molar-refractivity contribution in [3.8, 4) is 0 Å². The van der Waals surface area contributed by atoms with Gasteiger partial charge in [-0.05, 0) is 24.1 Å². The largest absolute Gasteiger partial charge is 0.466 e. The molecule has 1 saturated heterocycles. The number of carbonyl (C=O) groups excluding carboxylic acids is 2. The lowest BCUT2D eigenvalue weighted by atomic mass is 9.79. The average Bonchev–Trinajstić information content (AvgIpc) is 2.87. The first-order chi connectivity index (χ1) is 11.6. The first-order valence-corrected chi connectivity index (χ1v) is 7.69. The lowest BCUT2D eigenvalue weighted by Crippen LogP contribution is -2.41. The number of methoxy groups -OCH3 is 1. The van der Waals surface area contributed by atoms with Gasteiger partial charge in [-0.15, -0.1) is 0 Å². The van der Waals surface area contributed by atoms with Gasteiger partial charge in [0.15, 0.2) is 0 Å². The first kappa shape index (κ1) is 16.0. The normalized spacial score (nSPS) is 24.7. The van der Waals surface area contributed by atoms with E-state index in [0.29, 0.717) is 5.57 Å². The number of hydrogen-bond acceptors (Lipinski definition) is 4. The number of ether oxygens (including phenoxy) is 2. The van der Waals surface area contributed by atoms with E-state index >= 15 is 0 Å². The molecule has 0 N–H and O–H groups in total. The highest BCUT2D eigenvalue weighted by Gasteiger charge is 2.56. The summed E-state index contributed by atoms with van der Waals surface area (Å²) >= 11 is 0. The minimum absolute atomic E-state index is 0.445. The Balaban J connectivity index is 2.15. The molecule has 0 aromatic heterocycles. The third-order valence-electron chi connectivity index (χ3n) is 4.25. The summed E-state index contributed by atoms with van der Waals surface area (Å²) in [4.78, 5) is 24.8. The van der Waals surface area contributed by atoms with E-state index in [1.54, 1.807) is 13.0 Å². The van der Waals surface area contributed by atoms with Crippen LogP contribution in [-0.2, 0) is 19.1 Å². The maximum Gasteiger partial charge on any atom is 0.351 e. The molecule has 0 saturated carbocycles. The van der Waals surface area contributed by atoms with Gasteiger partial charge in [-0.25, -0.2) is 9.59 Å². The van der Waals surface area contributed by atoms with E-state index in [9.17, 15) is 9.59 Å². The minimum atomic E-state index is -1.38. The first-order valence-electron chi connectivity index (χ1n) is 7.69. The van der Waals surface area contributed by atoms with E-state index in [0.717, 1.165) is 11.1 Å². The van der Waals surface area contributed by atoms with E-state index in [1.165, 1.54) is 7.11 Å². The van der Waals surface area contributed by atoms with Crippen LogP contribution in [-0.4, -0.2) is 24.6 Å². The summed E-state index contributed by atoms with van der Waals surface area (Å²) < 4.78 is 10.4. The highest BCUT2D eigenvalue weighted by molar-refractivity contribution is 6.03. The number of cyclic esters (lactones) is 1. The van der Waals surface area contributed by atoms with Gasteiger partial charge in [0.25, 0.3) is 0 Å². The van der Waals surface area contributed by atoms with E-state index in [-0.39, 0.29) is 0 Å². The number of esters is 2. The highest BCUT2D eigenvalue weighted by atomic mass is 16.6. The van der Waals surface area contributed by atoms with E-state index in [4.69, 9.17) is 9.47 Å². The van der Waals surface area contributed by atoms with Gasteiger partial charge in [-0.3, -0.25) is 0 Å². The summed E-state index contributed by atoms with van der Waals surface area (Å²) in [6, 6.07) is 18.9. The third kappa shape index (κ3) is 2.71. The zero-order valence-corrected chi connectivity index (χ0v) is 13.6. The van der Waals surface area contributed by atoms with Gasteiger partial charge in [0.1, 0.15) is 0 Å². The molecule has 2 aromatic rings. The van der Waals surface area contributed by atoms with Crippen LogP contribution in [0.4, 0.5) is 0 Å². The number of carbonyl (C=O) groups is 2. The van der Waals surface area contributed by atoms with Gasteiger partial charge >= 0.3 is 11.9 Å². The molecule has 122 valence electrons. The summed E-state index contributed by atoms with van der Waals surface area (Å²) in [6.07, 6.45) is 1.77. The monoisotopic (exact) mass is 322 g/mol. The molecule has 4 heteroatoms. The van der Waals surface area contributed by atoms with Crippen LogP contribution < -0.4 is 0 Å². The molecule has 0 radical (unpaired) electrons. The van der Waals surface area contributed by atoms with Crippen LogP contribution in [0.2, 0.25) is 0 Å². The summed E-state index contributed by atoms with van der Waals surface area (Å²) in [5, 5.41) is 0. The smallest absolute Gasteiger partial charge is 0.351 e. The fourth-order valence-electron chi connectivity index (χ4n) is 3.10. The molecule has 0 aliphatic carbocycles. The van der Waals surface area contributed by atoms with Crippen LogP contribution in [0.25, 0.3) is 6.08 Å². The van der Waals surface area contributed by atoms with E-state index in [1.807, 2.05) is 60.7 Å². The van der Waals surface area contributed by atoms with Crippen molar-refractivity contribution < 1.29 is 19.1 Å². The van der Waals surface area contributed by atoms with Crippen molar-refractivity contribution in [1.82, 2.24) is 0 Å². The summed E-state index contributed by atoms with van der Waals surface area (Å²) in [7, 11) is 1.29. The molecule has 4 nitrogen and oxygen atoms in total. The van der Waals surface area contributed by atoms with Gasteiger partial charge in [-0.1, -0.05) is 60.7 Å². The van der Waals surface area contributed by atoms with Crippen molar-refractivity contribution in [3.05, 3.63) is 77.4 Å². The Labute approximate surface area is 140 Å². The molecular formula is C20H18O4. The number of rotatable bonds is 3. The maximum absolute atomic E-state index is 12.5. The summed E-state index contributed by atoms with van der Waals surface area (Å²) in [5.41, 5.74) is 0.770. The molecule has 0 spiro atoms. The van der Waals surface area contributed by atoms with E-state index < -0.39 is 23.5 Å². The Bertz CT molecular complexity index is 780. The van der Waals surface area contributed by atoms with Crippen molar-refractivity contribution in [2.45, 2.75) is 18.4 Å². The van der Waals surface area contributed by atoms with Crippen LogP contribution in [0.1, 0.15) is 24.0 Å². The third-order valence-corrected chi connectivity index (χ3v) is 4.25. The second-order valence-electron chi connectivity index (χ2n) is 5.84. The van der Waals surface area contributed by atoms with E-state index in [2.05, 4.69) is 0 Å². The maximum atomic E-state index is 12.5. The lowest BCUT2D eigenvalue weighted by Gasteiger charge is -2.26.